The summed E-state index contributed by atoms with van der Waals surface area (Å²) in [4.78, 5) is 14.1. The first kappa shape index (κ1) is 16.7. The third-order valence-electron chi connectivity index (χ3n) is 5.93. The highest BCUT2D eigenvalue weighted by Crippen LogP contribution is 2.40. The lowest BCUT2D eigenvalue weighted by Gasteiger charge is -2.12. The number of imidazole rings is 1. The lowest BCUT2D eigenvalue weighted by Crippen LogP contribution is -2.03. The zero-order valence-corrected chi connectivity index (χ0v) is 15.8. The van der Waals surface area contributed by atoms with Crippen LogP contribution in [0.15, 0.2) is 48.7 Å². The van der Waals surface area contributed by atoms with Crippen molar-refractivity contribution in [2.75, 3.05) is 5.73 Å². The first-order valence-electron chi connectivity index (χ1n) is 10.0. The Morgan fingerprint density at radius 1 is 1.00 bits per heavy atom. The molecule has 2 aliphatic carbocycles. The quantitative estimate of drug-likeness (QED) is 0.568. The molecule has 0 amide bonds. The van der Waals surface area contributed by atoms with Gasteiger partial charge in [-0.25, -0.2) is 19.3 Å². The zero-order valence-electron chi connectivity index (χ0n) is 15.8. The number of fused-ring (bicyclic) bond motifs is 2. The Balaban J connectivity index is 1.62. The molecule has 4 aromatic rings. The van der Waals surface area contributed by atoms with Gasteiger partial charge in [-0.15, -0.1) is 0 Å². The van der Waals surface area contributed by atoms with E-state index in [2.05, 4.69) is 17.1 Å². The number of pyridine rings is 2. The van der Waals surface area contributed by atoms with E-state index in [4.69, 9.17) is 15.7 Å². The monoisotopic (exact) mass is 385 g/mol. The number of nitrogens with zero attached hydrogens (tertiary/aromatic N) is 4. The second-order valence-corrected chi connectivity index (χ2v) is 8.02. The van der Waals surface area contributed by atoms with Gasteiger partial charge in [-0.1, -0.05) is 6.07 Å². The van der Waals surface area contributed by atoms with Crippen LogP contribution < -0.4 is 5.73 Å². The first-order valence-corrected chi connectivity index (χ1v) is 10.0. The molecule has 1 aromatic carbocycles. The third kappa shape index (κ3) is 2.70. The van der Waals surface area contributed by atoms with Gasteiger partial charge in [0, 0.05) is 36.3 Å². The maximum atomic E-state index is 13.9. The molecule has 0 spiro atoms. The van der Waals surface area contributed by atoms with E-state index in [9.17, 15) is 4.39 Å². The maximum absolute atomic E-state index is 13.9. The van der Waals surface area contributed by atoms with Gasteiger partial charge in [0.15, 0.2) is 11.5 Å². The molecular weight excluding hydrogens is 365 g/mol. The molecule has 29 heavy (non-hydrogen) atoms. The minimum absolute atomic E-state index is 0.427. The van der Waals surface area contributed by atoms with Gasteiger partial charge in [0.2, 0.25) is 0 Å². The van der Waals surface area contributed by atoms with Crippen molar-refractivity contribution in [3.63, 3.8) is 0 Å². The van der Waals surface area contributed by atoms with Crippen molar-refractivity contribution >= 4 is 17.0 Å². The molecule has 1 unspecified atom stereocenters. The number of alkyl halides is 1. The average molecular weight is 385 g/mol. The fourth-order valence-corrected chi connectivity index (χ4v) is 4.30. The Morgan fingerprint density at radius 3 is 2.69 bits per heavy atom. The Morgan fingerprint density at radius 2 is 1.86 bits per heavy atom. The number of rotatable bonds is 3. The van der Waals surface area contributed by atoms with Crippen molar-refractivity contribution in [1.29, 1.82) is 0 Å². The summed E-state index contributed by atoms with van der Waals surface area (Å²) in [5.41, 5.74) is 12.7. The Kier molecular flexibility index (Phi) is 3.51. The zero-order chi connectivity index (χ0) is 19.5. The molecule has 5 nitrogen and oxygen atoms in total. The highest BCUT2D eigenvalue weighted by atomic mass is 19.1. The van der Waals surface area contributed by atoms with Crippen LogP contribution >= 0.6 is 0 Å². The largest absolute Gasteiger partial charge is 0.383 e. The van der Waals surface area contributed by atoms with Gasteiger partial charge >= 0.3 is 0 Å². The van der Waals surface area contributed by atoms with Crippen molar-refractivity contribution < 1.29 is 4.39 Å². The van der Waals surface area contributed by atoms with Crippen LogP contribution in [-0.2, 0) is 12.8 Å². The summed E-state index contributed by atoms with van der Waals surface area (Å²) in [6.07, 6.45) is 4.20. The van der Waals surface area contributed by atoms with Gasteiger partial charge in [-0.05, 0) is 60.4 Å². The number of benzene rings is 1. The van der Waals surface area contributed by atoms with E-state index in [1.54, 1.807) is 6.20 Å². The molecule has 1 atom stereocenters. The molecule has 0 bridgehead atoms. The Hall–Kier alpha value is -3.28. The predicted molar refractivity (Wildman–Crippen MR) is 111 cm³/mol. The summed E-state index contributed by atoms with van der Waals surface area (Å²) in [7, 11) is 0. The van der Waals surface area contributed by atoms with Crippen molar-refractivity contribution in [2.24, 2.45) is 0 Å². The minimum Gasteiger partial charge on any atom is -0.383 e. The summed E-state index contributed by atoms with van der Waals surface area (Å²) in [5, 5.41) is 0. The minimum atomic E-state index is -0.798. The predicted octanol–water partition coefficient (Wildman–Crippen LogP) is 4.38. The van der Waals surface area contributed by atoms with Gasteiger partial charge in [-0.2, -0.15) is 0 Å². The fraction of sp³-hybridized carbons (Fsp3) is 0.261. The van der Waals surface area contributed by atoms with E-state index in [1.165, 1.54) is 12.8 Å². The normalized spacial score (nSPS) is 18.3. The van der Waals surface area contributed by atoms with Crippen molar-refractivity contribution in [2.45, 2.75) is 37.8 Å². The summed E-state index contributed by atoms with van der Waals surface area (Å²) in [5.74, 6) is 1.68. The third-order valence-corrected chi connectivity index (χ3v) is 5.93. The molecule has 2 N–H and O–H groups in total. The number of halogens is 1. The number of aromatic nitrogens is 4. The average Bonchev–Trinajstić information content (AvgIpc) is 3.40. The molecule has 0 aliphatic heterocycles. The highest BCUT2D eigenvalue weighted by Gasteiger charge is 2.27. The number of nitrogens with two attached hydrogens (primary N) is 1. The molecule has 6 rings (SSSR count). The second kappa shape index (κ2) is 6.11. The van der Waals surface area contributed by atoms with Crippen LogP contribution in [0.25, 0.3) is 28.2 Å². The molecule has 2 aliphatic rings. The molecular formula is C23H20FN5. The van der Waals surface area contributed by atoms with Crippen LogP contribution in [0.2, 0.25) is 0 Å². The van der Waals surface area contributed by atoms with E-state index in [1.807, 2.05) is 34.9 Å². The van der Waals surface area contributed by atoms with Crippen LogP contribution in [0.1, 0.15) is 35.6 Å². The standard InChI is InChI=1S/C23H20FN5/c24-16-10-14-5-6-17(12-15(14)11-16)29-22(18-2-1-9-26-21(18)25)28-20-8-7-19(13-3-4-13)27-23(20)29/h1-2,5-9,12-13,16H,3-4,10-11H2,(H2,25,26). The highest BCUT2D eigenvalue weighted by molar-refractivity contribution is 5.83. The molecule has 6 heteroatoms. The maximum Gasteiger partial charge on any atom is 0.165 e. The lowest BCUT2D eigenvalue weighted by molar-refractivity contribution is 0.349. The Labute approximate surface area is 167 Å². The van der Waals surface area contributed by atoms with Crippen LogP contribution in [-0.4, -0.2) is 25.7 Å². The number of hydrogen-bond acceptors (Lipinski definition) is 4. The Bertz CT molecular complexity index is 1260. The number of nitrogen functional groups attached to an aromatic ring is 1. The van der Waals surface area contributed by atoms with E-state index >= 15 is 0 Å². The van der Waals surface area contributed by atoms with Crippen LogP contribution in [0.3, 0.4) is 0 Å². The van der Waals surface area contributed by atoms with Gasteiger partial charge in [0.1, 0.15) is 17.5 Å². The molecule has 144 valence electrons. The first-order chi connectivity index (χ1) is 14.2. The second-order valence-electron chi connectivity index (χ2n) is 8.02. The van der Waals surface area contributed by atoms with Crippen molar-refractivity contribution in [1.82, 2.24) is 19.5 Å². The van der Waals surface area contributed by atoms with Crippen LogP contribution in [0, 0.1) is 0 Å². The molecule has 0 saturated heterocycles. The topological polar surface area (TPSA) is 69.6 Å². The van der Waals surface area contributed by atoms with E-state index < -0.39 is 6.17 Å². The lowest BCUT2D eigenvalue weighted by atomic mass is 10.1. The number of hydrogen-bond donors (Lipinski definition) is 1. The molecule has 1 saturated carbocycles. The van der Waals surface area contributed by atoms with Gasteiger partial charge in [-0.3, -0.25) is 4.57 Å². The SMILES string of the molecule is Nc1ncccc1-c1nc2ccc(C3CC3)nc2n1-c1ccc2c(c1)CC(F)C2. The van der Waals surface area contributed by atoms with Crippen LogP contribution in [0.4, 0.5) is 10.2 Å². The fourth-order valence-electron chi connectivity index (χ4n) is 4.30. The molecule has 3 heterocycles. The molecule has 0 radical (unpaired) electrons. The molecule has 1 fully saturated rings. The van der Waals surface area contributed by atoms with E-state index in [-0.39, 0.29) is 0 Å². The van der Waals surface area contributed by atoms with Crippen molar-refractivity contribution in [3.8, 4) is 17.1 Å². The van der Waals surface area contributed by atoms with Gasteiger partial charge in [0.25, 0.3) is 0 Å². The van der Waals surface area contributed by atoms with Crippen molar-refractivity contribution in [3.05, 3.63) is 65.5 Å². The summed E-state index contributed by atoms with van der Waals surface area (Å²) in [6.45, 7) is 0. The summed E-state index contributed by atoms with van der Waals surface area (Å²) in [6, 6.07) is 14.0. The summed E-state index contributed by atoms with van der Waals surface area (Å²) < 4.78 is 16.0. The van der Waals surface area contributed by atoms with Crippen LogP contribution in [0.5, 0.6) is 0 Å². The van der Waals surface area contributed by atoms with E-state index in [0.29, 0.717) is 30.4 Å². The summed E-state index contributed by atoms with van der Waals surface area (Å²) >= 11 is 0. The van der Waals surface area contributed by atoms with Gasteiger partial charge < -0.3 is 5.73 Å². The van der Waals surface area contributed by atoms with E-state index in [0.717, 1.165) is 39.2 Å². The number of anilines is 1. The smallest absolute Gasteiger partial charge is 0.165 e. The molecule has 3 aromatic heterocycles. The van der Waals surface area contributed by atoms with Gasteiger partial charge in [0.05, 0.1) is 5.56 Å².